The van der Waals surface area contributed by atoms with Crippen LogP contribution in [0.4, 0.5) is 17.6 Å². The van der Waals surface area contributed by atoms with Crippen molar-refractivity contribution in [3.8, 4) is 17.1 Å². The second kappa shape index (κ2) is 7.47. The molecule has 0 bridgehead atoms. The maximum Gasteiger partial charge on any atom is 0.471 e. The van der Waals surface area contributed by atoms with Gasteiger partial charge >= 0.3 is 12.1 Å². The van der Waals surface area contributed by atoms with Crippen molar-refractivity contribution in [1.29, 1.82) is 0 Å². The summed E-state index contributed by atoms with van der Waals surface area (Å²) in [5.74, 6) is -2.56. The van der Waals surface area contributed by atoms with E-state index in [2.05, 4.69) is 19.6 Å². The van der Waals surface area contributed by atoms with E-state index in [0.29, 0.717) is 13.0 Å². The van der Waals surface area contributed by atoms with Crippen molar-refractivity contribution in [3.05, 3.63) is 29.4 Å². The second-order valence-electron chi connectivity index (χ2n) is 8.50. The van der Waals surface area contributed by atoms with Crippen LogP contribution in [0.1, 0.15) is 31.7 Å². The van der Waals surface area contributed by atoms with Gasteiger partial charge in [-0.05, 0) is 46.0 Å². The summed E-state index contributed by atoms with van der Waals surface area (Å²) >= 11 is 0. The molecule has 1 fully saturated rings. The highest BCUT2D eigenvalue weighted by molar-refractivity contribution is 5.83. The fraction of sp³-hybridized carbons (Fsp3) is 0.550. The lowest BCUT2D eigenvalue weighted by atomic mass is 9.87. The van der Waals surface area contributed by atoms with Gasteiger partial charge in [-0.3, -0.25) is 4.79 Å². The van der Waals surface area contributed by atoms with E-state index in [1.54, 1.807) is 4.90 Å². The molecule has 0 radical (unpaired) electrons. The highest BCUT2D eigenvalue weighted by Crippen LogP contribution is 2.37. The van der Waals surface area contributed by atoms with Crippen LogP contribution in [0.15, 0.2) is 16.7 Å². The third kappa shape index (κ3) is 3.98. The molecule has 1 amide bonds. The van der Waals surface area contributed by atoms with E-state index in [1.165, 1.54) is 6.07 Å². The minimum atomic E-state index is -4.80. The fourth-order valence-corrected chi connectivity index (χ4v) is 4.09. The summed E-state index contributed by atoms with van der Waals surface area (Å²) in [6, 6.07) is 2.08. The highest BCUT2D eigenvalue weighted by atomic mass is 19.4. The van der Waals surface area contributed by atoms with Crippen LogP contribution in [0.25, 0.3) is 11.4 Å². The molecule has 1 aromatic carbocycles. The molecule has 2 aromatic rings. The summed E-state index contributed by atoms with van der Waals surface area (Å²) in [6.45, 7) is 5.27. The van der Waals surface area contributed by atoms with Gasteiger partial charge in [0.25, 0.3) is 0 Å². The number of hydrogen-bond acceptors (Lipinski definition) is 6. The molecule has 0 spiro atoms. The van der Waals surface area contributed by atoms with Crippen molar-refractivity contribution in [3.63, 3.8) is 0 Å². The maximum absolute atomic E-state index is 15.0. The van der Waals surface area contributed by atoms with E-state index in [1.807, 2.05) is 20.9 Å². The number of nitrogens with zero attached hydrogens (tertiary/aromatic N) is 4. The molecule has 1 saturated heterocycles. The first-order chi connectivity index (χ1) is 14.5. The number of benzene rings is 1. The third-order valence-electron chi connectivity index (χ3n) is 5.86. The number of likely N-dealkylation sites (tertiary alicyclic amines) is 1. The van der Waals surface area contributed by atoms with Crippen LogP contribution in [0.3, 0.4) is 0 Å². The Hall–Kier alpha value is -2.69. The van der Waals surface area contributed by atoms with Gasteiger partial charge in [-0.15, -0.1) is 0 Å². The quantitative estimate of drug-likeness (QED) is 0.665. The summed E-state index contributed by atoms with van der Waals surface area (Å²) in [4.78, 5) is 20.3. The molecule has 0 aliphatic carbocycles. The summed E-state index contributed by atoms with van der Waals surface area (Å²) < 4.78 is 63.2. The Kier molecular flexibility index (Phi) is 5.19. The maximum atomic E-state index is 15.0. The van der Waals surface area contributed by atoms with Crippen LogP contribution in [-0.4, -0.2) is 58.6 Å². The van der Waals surface area contributed by atoms with Crippen LogP contribution >= 0.6 is 0 Å². The SMILES string of the molecule is C[C@H]1COc2cc(-c3noc(C(F)(F)F)n3)cc(F)c2CN1C(=O)C1(C)CCN(C)C1. The molecule has 4 rings (SSSR count). The van der Waals surface area contributed by atoms with Crippen LogP contribution in [0.5, 0.6) is 5.75 Å². The Labute approximate surface area is 175 Å². The van der Waals surface area contributed by atoms with Gasteiger partial charge in [0.15, 0.2) is 0 Å². The molecule has 2 aliphatic heterocycles. The monoisotopic (exact) mass is 442 g/mol. The zero-order valence-electron chi connectivity index (χ0n) is 17.3. The summed E-state index contributed by atoms with van der Waals surface area (Å²) in [5, 5.41) is 3.30. The molecule has 1 unspecified atom stereocenters. The molecule has 0 saturated carbocycles. The van der Waals surface area contributed by atoms with Gasteiger partial charge < -0.3 is 19.1 Å². The van der Waals surface area contributed by atoms with Gasteiger partial charge in [0.05, 0.1) is 18.0 Å². The Bertz CT molecular complexity index is 1010. The van der Waals surface area contributed by atoms with E-state index in [-0.39, 0.29) is 42.0 Å². The van der Waals surface area contributed by atoms with Gasteiger partial charge in [-0.1, -0.05) is 5.16 Å². The Morgan fingerprint density at radius 1 is 1.32 bits per heavy atom. The average Bonchev–Trinajstić information content (AvgIpc) is 3.28. The third-order valence-corrected chi connectivity index (χ3v) is 5.86. The number of alkyl halides is 3. The lowest BCUT2D eigenvalue weighted by Crippen LogP contribution is -2.48. The predicted molar refractivity (Wildman–Crippen MR) is 100 cm³/mol. The van der Waals surface area contributed by atoms with Gasteiger partial charge in [-0.2, -0.15) is 18.2 Å². The molecule has 0 N–H and O–H groups in total. The van der Waals surface area contributed by atoms with Gasteiger partial charge in [0, 0.05) is 17.7 Å². The van der Waals surface area contributed by atoms with Crippen LogP contribution < -0.4 is 4.74 Å². The highest BCUT2D eigenvalue weighted by Gasteiger charge is 2.44. The molecule has 3 heterocycles. The van der Waals surface area contributed by atoms with E-state index >= 15 is 4.39 Å². The molecule has 31 heavy (non-hydrogen) atoms. The average molecular weight is 442 g/mol. The van der Waals surface area contributed by atoms with Crippen molar-refractivity contribution in [1.82, 2.24) is 19.9 Å². The zero-order chi connectivity index (χ0) is 22.6. The molecular weight excluding hydrogens is 420 g/mol. The molecule has 11 heteroatoms. The summed E-state index contributed by atoms with van der Waals surface area (Å²) in [5.41, 5.74) is -0.411. The minimum Gasteiger partial charge on any atom is -0.491 e. The van der Waals surface area contributed by atoms with Crippen molar-refractivity contribution in [2.45, 2.75) is 39.0 Å². The number of fused-ring (bicyclic) bond motifs is 1. The van der Waals surface area contributed by atoms with E-state index in [4.69, 9.17) is 4.74 Å². The fourth-order valence-electron chi connectivity index (χ4n) is 4.09. The standard InChI is InChI=1S/C20H22F4N4O3/c1-11-9-30-15-7-12(16-25-17(31-26-16)20(22,23)24)6-14(21)13(15)8-28(11)18(29)19(2)4-5-27(3)10-19/h6-7,11H,4-5,8-10H2,1-3H3/t11-,19?/m0/s1. The molecule has 1 aromatic heterocycles. The first-order valence-electron chi connectivity index (χ1n) is 9.84. The topological polar surface area (TPSA) is 71.7 Å². The van der Waals surface area contributed by atoms with Crippen molar-refractivity contribution < 1.29 is 31.6 Å². The second-order valence-corrected chi connectivity index (χ2v) is 8.50. The van der Waals surface area contributed by atoms with Crippen LogP contribution in [-0.2, 0) is 17.5 Å². The number of hydrogen-bond donors (Lipinski definition) is 0. The first-order valence-corrected chi connectivity index (χ1v) is 9.84. The smallest absolute Gasteiger partial charge is 0.471 e. The van der Waals surface area contributed by atoms with Crippen LogP contribution in [0.2, 0.25) is 0 Å². The van der Waals surface area contributed by atoms with Gasteiger partial charge in [-0.25, -0.2) is 4.39 Å². The van der Waals surface area contributed by atoms with E-state index in [0.717, 1.165) is 12.6 Å². The van der Waals surface area contributed by atoms with Crippen LogP contribution in [0, 0.1) is 11.2 Å². The lowest BCUT2D eigenvalue weighted by Gasteiger charge is -2.34. The Morgan fingerprint density at radius 2 is 2.06 bits per heavy atom. The Morgan fingerprint density at radius 3 is 2.68 bits per heavy atom. The molecular formula is C20H22F4N4O3. The number of carbonyl (C=O) groups is 1. The Balaban J connectivity index is 1.65. The molecule has 2 aliphatic rings. The minimum absolute atomic E-state index is 0.000790. The van der Waals surface area contributed by atoms with Crippen molar-refractivity contribution >= 4 is 5.91 Å². The number of halogens is 4. The molecule has 7 nitrogen and oxygen atoms in total. The first kappa shape index (κ1) is 21.5. The van der Waals surface area contributed by atoms with E-state index < -0.39 is 29.1 Å². The van der Waals surface area contributed by atoms with E-state index in [9.17, 15) is 18.0 Å². The van der Waals surface area contributed by atoms with Crippen molar-refractivity contribution in [2.75, 3.05) is 26.7 Å². The van der Waals surface area contributed by atoms with Gasteiger partial charge in [0.1, 0.15) is 18.2 Å². The predicted octanol–water partition coefficient (Wildman–Crippen LogP) is 3.35. The number of ether oxygens (including phenoxy) is 1. The summed E-state index contributed by atoms with van der Waals surface area (Å²) in [7, 11) is 1.95. The number of carbonyl (C=O) groups excluding carboxylic acids is 1. The normalized spacial score (nSPS) is 24.6. The lowest BCUT2D eigenvalue weighted by molar-refractivity contribution is -0.159. The molecule has 168 valence electrons. The number of rotatable bonds is 2. The number of aromatic nitrogens is 2. The summed E-state index contributed by atoms with van der Waals surface area (Å²) in [6.07, 6.45) is -4.09. The zero-order valence-corrected chi connectivity index (χ0v) is 17.3. The van der Waals surface area contributed by atoms with Crippen molar-refractivity contribution in [2.24, 2.45) is 5.41 Å². The van der Waals surface area contributed by atoms with Gasteiger partial charge in [0.2, 0.25) is 11.7 Å². The largest absolute Gasteiger partial charge is 0.491 e. The molecule has 2 atom stereocenters. The number of amides is 1.